The highest BCUT2D eigenvalue weighted by Crippen LogP contribution is 2.28. The van der Waals surface area contributed by atoms with E-state index in [1.54, 1.807) is 12.1 Å². The lowest BCUT2D eigenvalue weighted by atomic mass is 10.1. The lowest BCUT2D eigenvalue weighted by molar-refractivity contribution is -0.145. The molecule has 9 heteroatoms. The predicted octanol–water partition coefficient (Wildman–Crippen LogP) is 5.11. The van der Waals surface area contributed by atoms with Gasteiger partial charge in [0.15, 0.2) is 0 Å². The van der Waals surface area contributed by atoms with E-state index in [2.05, 4.69) is 10.6 Å². The third-order valence-electron chi connectivity index (χ3n) is 5.12. The number of halogens is 1. The summed E-state index contributed by atoms with van der Waals surface area (Å²) >= 11 is 6.05. The summed E-state index contributed by atoms with van der Waals surface area (Å²) in [5.41, 5.74) is 1.96. The molecular formula is C27H27ClN2O6. The molecule has 0 spiro atoms. The second kappa shape index (κ2) is 13.7. The molecule has 188 valence electrons. The Morgan fingerprint density at radius 2 is 1.47 bits per heavy atom. The standard InChI is InChI=1S/C27H27ClN2O6/c1-34-24-14-12-21(28)16-23(24)29-26(32)22(30-27(33)36-18-20-10-6-3-7-11-20)13-15-25(31)35-17-19-8-4-2-5-9-19/h2-12,14,16,22H,13,15,17-18H2,1H3,(H,29,32)(H,30,33)/t22-/m0/s1. The normalized spacial score (nSPS) is 11.2. The zero-order chi connectivity index (χ0) is 25.8. The summed E-state index contributed by atoms with van der Waals surface area (Å²) < 4.78 is 15.8. The predicted molar refractivity (Wildman–Crippen MR) is 136 cm³/mol. The number of amides is 2. The average Bonchev–Trinajstić information content (AvgIpc) is 2.90. The van der Waals surface area contributed by atoms with E-state index in [0.29, 0.717) is 16.5 Å². The van der Waals surface area contributed by atoms with Gasteiger partial charge < -0.3 is 24.8 Å². The lowest BCUT2D eigenvalue weighted by Crippen LogP contribution is -2.44. The van der Waals surface area contributed by atoms with E-state index >= 15 is 0 Å². The second-order valence-corrected chi connectivity index (χ2v) is 8.21. The molecule has 0 aliphatic rings. The number of carbonyl (C=O) groups is 3. The van der Waals surface area contributed by atoms with Crippen LogP contribution in [-0.2, 0) is 32.3 Å². The van der Waals surface area contributed by atoms with Gasteiger partial charge in [0.1, 0.15) is 25.0 Å². The van der Waals surface area contributed by atoms with Crippen molar-refractivity contribution in [2.24, 2.45) is 0 Å². The van der Waals surface area contributed by atoms with E-state index in [-0.39, 0.29) is 26.1 Å². The monoisotopic (exact) mass is 510 g/mol. The Bertz CT molecular complexity index is 1160. The first-order chi connectivity index (χ1) is 17.4. The van der Waals surface area contributed by atoms with Crippen LogP contribution in [0, 0.1) is 0 Å². The number of hydrogen-bond donors (Lipinski definition) is 2. The van der Waals surface area contributed by atoms with E-state index in [1.807, 2.05) is 60.7 Å². The summed E-state index contributed by atoms with van der Waals surface area (Å²) in [7, 11) is 1.46. The number of ether oxygens (including phenoxy) is 3. The Morgan fingerprint density at radius 3 is 2.08 bits per heavy atom. The van der Waals surface area contributed by atoms with E-state index in [4.69, 9.17) is 25.8 Å². The molecule has 3 aromatic rings. The van der Waals surface area contributed by atoms with E-state index in [1.165, 1.54) is 13.2 Å². The van der Waals surface area contributed by atoms with Crippen molar-refractivity contribution < 1.29 is 28.6 Å². The van der Waals surface area contributed by atoms with Crippen molar-refractivity contribution >= 4 is 35.3 Å². The van der Waals surface area contributed by atoms with Crippen molar-refractivity contribution in [2.45, 2.75) is 32.1 Å². The summed E-state index contributed by atoms with van der Waals surface area (Å²) in [6, 6.07) is 22.0. The SMILES string of the molecule is COc1ccc(Cl)cc1NC(=O)[C@H](CCC(=O)OCc1ccccc1)NC(=O)OCc1ccccc1. The molecule has 0 radical (unpaired) electrons. The number of anilines is 1. The lowest BCUT2D eigenvalue weighted by Gasteiger charge is -2.19. The van der Waals surface area contributed by atoms with Gasteiger partial charge in [0, 0.05) is 11.4 Å². The van der Waals surface area contributed by atoms with Crippen LogP contribution >= 0.6 is 11.6 Å². The van der Waals surface area contributed by atoms with Gasteiger partial charge in [-0.2, -0.15) is 0 Å². The number of carbonyl (C=O) groups excluding carboxylic acids is 3. The van der Waals surface area contributed by atoms with Crippen LogP contribution in [0.3, 0.4) is 0 Å². The van der Waals surface area contributed by atoms with Crippen molar-refractivity contribution in [3.63, 3.8) is 0 Å². The minimum atomic E-state index is -1.08. The Kier molecular flexibility index (Phi) is 10.1. The Hall–Kier alpha value is -4.04. The first-order valence-corrected chi connectivity index (χ1v) is 11.6. The van der Waals surface area contributed by atoms with Gasteiger partial charge in [-0.1, -0.05) is 72.3 Å². The summed E-state index contributed by atoms with van der Waals surface area (Å²) in [4.78, 5) is 37.8. The summed E-state index contributed by atoms with van der Waals surface area (Å²) in [6.07, 6.45) is -0.908. The highest BCUT2D eigenvalue weighted by molar-refractivity contribution is 6.31. The summed E-state index contributed by atoms with van der Waals surface area (Å²) in [5, 5.41) is 5.62. The van der Waals surface area contributed by atoms with Crippen molar-refractivity contribution in [3.05, 3.63) is 95.0 Å². The molecule has 3 aromatic carbocycles. The van der Waals surface area contributed by atoms with Crippen molar-refractivity contribution in [3.8, 4) is 5.75 Å². The molecule has 0 aliphatic carbocycles. The molecule has 2 amide bonds. The van der Waals surface area contributed by atoms with E-state index in [9.17, 15) is 14.4 Å². The van der Waals surface area contributed by atoms with Gasteiger partial charge in [-0.25, -0.2) is 4.79 Å². The maximum absolute atomic E-state index is 13.1. The molecule has 0 aliphatic heterocycles. The topological polar surface area (TPSA) is 103 Å². The van der Waals surface area contributed by atoms with Gasteiger partial charge in [-0.3, -0.25) is 9.59 Å². The number of esters is 1. The van der Waals surface area contributed by atoms with Gasteiger partial charge in [0.2, 0.25) is 5.91 Å². The van der Waals surface area contributed by atoms with E-state index in [0.717, 1.165) is 11.1 Å². The van der Waals surface area contributed by atoms with Crippen LogP contribution in [0.2, 0.25) is 5.02 Å². The Balaban J connectivity index is 1.62. The highest BCUT2D eigenvalue weighted by atomic mass is 35.5. The molecule has 8 nitrogen and oxygen atoms in total. The minimum Gasteiger partial charge on any atom is -0.495 e. The fourth-order valence-corrected chi connectivity index (χ4v) is 3.42. The van der Waals surface area contributed by atoms with Crippen molar-refractivity contribution in [2.75, 3.05) is 12.4 Å². The molecule has 2 N–H and O–H groups in total. The molecule has 0 saturated heterocycles. The molecule has 0 heterocycles. The molecule has 0 unspecified atom stereocenters. The average molecular weight is 511 g/mol. The summed E-state index contributed by atoms with van der Waals surface area (Å²) in [5.74, 6) is -0.681. The van der Waals surface area contributed by atoms with Crippen LogP contribution in [0.1, 0.15) is 24.0 Å². The van der Waals surface area contributed by atoms with Crippen LogP contribution < -0.4 is 15.4 Å². The van der Waals surface area contributed by atoms with Crippen molar-refractivity contribution in [1.82, 2.24) is 5.32 Å². The molecule has 0 fully saturated rings. The van der Waals surface area contributed by atoms with Gasteiger partial charge in [-0.05, 0) is 35.7 Å². The maximum Gasteiger partial charge on any atom is 0.408 e. The van der Waals surface area contributed by atoms with Crippen molar-refractivity contribution in [1.29, 1.82) is 0 Å². The smallest absolute Gasteiger partial charge is 0.408 e. The third-order valence-corrected chi connectivity index (χ3v) is 5.36. The number of methoxy groups -OCH3 is 1. The first-order valence-electron chi connectivity index (χ1n) is 11.3. The van der Waals surface area contributed by atoms with Gasteiger partial charge in [-0.15, -0.1) is 0 Å². The fourth-order valence-electron chi connectivity index (χ4n) is 3.25. The number of alkyl carbamates (subject to hydrolysis) is 1. The van der Waals surface area contributed by atoms with Gasteiger partial charge in [0.05, 0.1) is 12.8 Å². The molecule has 1 atom stereocenters. The molecule has 3 rings (SSSR count). The molecular weight excluding hydrogens is 484 g/mol. The molecule has 36 heavy (non-hydrogen) atoms. The number of hydrogen-bond acceptors (Lipinski definition) is 6. The minimum absolute atomic E-state index is 0.0111. The largest absolute Gasteiger partial charge is 0.495 e. The van der Waals surface area contributed by atoms with Crippen LogP contribution in [0.15, 0.2) is 78.9 Å². The Labute approximate surface area is 214 Å². The number of nitrogens with one attached hydrogen (secondary N) is 2. The van der Waals surface area contributed by atoms with E-state index < -0.39 is 24.0 Å². The third kappa shape index (κ3) is 8.63. The van der Waals surface area contributed by atoms with Gasteiger partial charge >= 0.3 is 12.1 Å². The molecule has 0 bridgehead atoms. The second-order valence-electron chi connectivity index (χ2n) is 7.78. The maximum atomic E-state index is 13.1. The molecule has 0 aromatic heterocycles. The highest BCUT2D eigenvalue weighted by Gasteiger charge is 2.24. The quantitative estimate of drug-likeness (QED) is 0.348. The zero-order valence-corrected chi connectivity index (χ0v) is 20.5. The van der Waals surface area contributed by atoms with Crippen LogP contribution in [0.5, 0.6) is 5.75 Å². The fraction of sp³-hybridized carbons (Fsp3) is 0.222. The number of benzene rings is 3. The van der Waals surface area contributed by atoms with Crippen LogP contribution in [-0.4, -0.2) is 31.1 Å². The first kappa shape index (κ1) is 26.6. The number of rotatable bonds is 11. The molecule has 0 saturated carbocycles. The zero-order valence-electron chi connectivity index (χ0n) is 19.7. The Morgan fingerprint density at radius 1 is 0.861 bits per heavy atom. The van der Waals surface area contributed by atoms with Gasteiger partial charge in [0.25, 0.3) is 0 Å². The van der Waals surface area contributed by atoms with Crippen LogP contribution in [0.25, 0.3) is 0 Å². The van der Waals surface area contributed by atoms with Crippen LogP contribution in [0.4, 0.5) is 10.5 Å². The summed E-state index contributed by atoms with van der Waals surface area (Å²) in [6.45, 7) is 0.144.